The zero-order valence-electron chi connectivity index (χ0n) is 12.2. The lowest BCUT2D eigenvalue weighted by molar-refractivity contribution is 0.0690. The molecular formula is C16H13N5O2. The molecule has 7 nitrogen and oxygen atoms in total. The quantitative estimate of drug-likeness (QED) is 0.752. The van der Waals surface area contributed by atoms with Crippen LogP contribution in [0.2, 0.25) is 0 Å². The predicted octanol–water partition coefficient (Wildman–Crippen LogP) is 2.88. The van der Waals surface area contributed by atoms with E-state index in [1.165, 1.54) is 23.8 Å². The summed E-state index contributed by atoms with van der Waals surface area (Å²) in [6.45, 7) is 8.31. The Kier molecular flexibility index (Phi) is 2.91. The maximum Gasteiger partial charge on any atom is 0.358 e. The van der Waals surface area contributed by atoms with Gasteiger partial charge in [0.15, 0.2) is 5.69 Å². The number of fused-ring (bicyclic) bond motifs is 1. The van der Waals surface area contributed by atoms with Gasteiger partial charge in [-0.25, -0.2) is 9.64 Å². The fraction of sp³-hybridized carbons (Fsp3) is 0.250. The van der Waals surface area contributed by atoms with Gasteiger partial charge in [0.25, 0.3) is 0 Å². The summed E-state index contributed by atoms with van der Waals surface area (Å²) < 4.78 is 2.13. The third-order valence-corrected chi connectivity index (χ3v) is 4.06. The first-order chi connectivity index (χ1) is 11.2. The van der Waals surface area contributed by atoms with Gasteiger partial charge in [0.2, 0.25) is 5.69 Å². The molecule has 1 aliphatic rings. The zero-order chi connectivity index (χ0) is 16.0. The van der Waals surface area contributed by atoms with Gasteiger partial charge < -0.3 is 9.67 Å². The summed E-state index contributed by atoms with van der Waals surface area (Å²) in [6.07, 6.45) is 5.60. The zero-order valence-corrected chi connectivity index (χ0v) is 12.2. The smallest absolute Gasteiger partial charge is 0.358 e. The normalized spacial score (nSPS) is 14.0. The lowest BCUT2D eigenvalue weighted by atomic mass is 10.2. The van der Waals surface area contributed by atoms with Crippen LogP contribution in [-0.4, -0.2) is 30.6 Å². The molecule has 2 aromatic heterocycles. The minimum Gasteiger partial charge on any atom is -0.476 e. The second-order valence-corrected chi connectivity index (χ2v) is 5.75. The van der Waals surface area contributed by atoms with Crippen molar-refractivity contribution in [2.75, 3.05) is 0 Å². The Bertz CT molecular complexity index is 959. The third-order valence-electron chi connectivity index (χ3n) is 4.06. The van der Waals surface area contributed by atoms with Crippen LogP contribution in [0.4, 0.5) is 5.69 Å². The summed E-state index contributed by atoms with van der Waals surface area (Å²) >= 11 is 0. The van der Waals surface area contributed by atoms with E-state index in [2.05, 4.69) is 19.6 Å². The first-order valence-electron chi connectivity index (χ1n) is 7.32. The number of carbonyl (C=O) groups is 1. The number of nitrogens with zero attached hydrogens (tertiary/aromatic N) is 5. The lowest BCUT2D eigenvalue weighted by Gasteiger charge is -2.05. The second-order valence-electron chi connectivity index (χ2n) is 5.75. The minimum atomic E-state index is -1.12. The number of aromatic nitrogens is 4. The van der Waals surface area contributed by atoms with E-state index in [1.807, 2.05) is 24.4 Å². The highest BCUT2D eigenvalue weighted by molar-refractivity contribution is 5.95. The van der Waals surface area contributed by atoms with Crippen LogP contribution >= 0.6 is 0 Å². The standard InChI is InChI=1S/C16H13N5O2/c1-17-14-9-20(8-10-2-3-10)15-5-4-11(6-12(14)15)21-18-7-13(19-21)16(22)23/h4-7,9-10H,2-3,8H2,(H,22,23). The molecule has 2 heterocycles. The third kappa shape index (κ3) is 2.34. The molecule has 1 aliphatic carbocycles. The highest BCUT2D eigenvalue weighted by Gasteiger charge is 2.23. The topological polar surface area (TPSA) is 77.3 Å². The molecule has 3 aromatic rings. The first-order valence-corrected chi connectivity index (χ1v) is 7.32. The Morgan fingerprint density at radius 2 is 2.26 bits per heavy atom. The van der Waals surface area contributed by atoms with Gasteiger partial charge in [-0.05, 0) is 37.0 Å². The van der Waals surface area contributed by atoms with Gasteiger partial charge in [-0.15, -0.1) is 5.10 Å². The highest BCUT2D eigenvalue weighted by atomic mass is 16.4. The molecule has 7 heteroatoms. The van der Waals surface area contributed by atoms with Crippen LogP contribution in [0.25, 0.3) is 21.4 Å². The number of hydrogen-bond acceptors (Lipinski definition) is 3. The molecule has 114 valence electrons. The summed E-state index contributed by atoms with van der Waals surface area (Å²) in [5.41, 5.74) is 2.13. The van der Waals surface area contributed by atoms with Gasteiger partial charge in [0.1, 0.15) is 0 Å². The molecule has 1 fully saturated rings. The molecule has 0 atom stereocenters. The van der Waals surface area contributed by atoms with Crippen LogP contribution in [0.15, 0.2) is 30.6 Å². The van der Waals surface area contributed by atoms with Crippen LogP contribution < -0.4 is 0 Å². The lowest BCUT2D eigenvalue weighted by Crippen LogP contribution is -2.02. The Hall–Kier alpha value is -3.14. The molecular weight excluding hydrogens is 294 g/mol. The van der Waals surface area contributed by atoms with Crippen molar-refractivity contribution in [3.63, 3.8) is 0 Å². The van der Waals surface area contributed by atoms with Crippen LogP contribution in [0.1, 0.15) is 23.3 Å². The van der Waals surface area contributed by atoms with Crippen molar-refractivity contribution in [2.24, 2.45) is 5.92 Å². The fourth-order valence-electron chi connectivity index (χ4n) is 2.69. The Balaban J connectivity index is 1.80. The van der Waals surface area contributed by atoms with Gasteiger partial charge in [-0.2, -0.15) is 9.90 Å². The van der Waals surface area contributed by atoms with E-state index >= 15 is 0 Å². The molecule has 0 bridgehead atoms. The highest BCUT2D eigenvalue weighted by Crippen LogP contribution is 2.35. The number of hydrogen-bond donors (Lipinski definition) is 1. The van der Waals surface area contributed by atoms with E-state index in [9.17, 15) is 4.79 Å². The second kappa shape index (κ2) is 4.95. The summed E-state index contributed by atoms with van der Waals surface area (Å²) in [4.78, 5) is 15.8. The number of aromatic carboxylic acids is 1. The van der Waals surface area contributed by atoms with E-state index in [4.69, 9.17) is 11.7 Å². The van der Waals surface area contributed by atoms with Gasteiger partial charge in [-0.3, -0.25) is 0 Å². The van der Waals surface area contributed by atoms with Crippen LogP contribution in [0, 0.1) is 12.5 Å². The average molecular weight is 307 g/mol. The Morgan fingerprint density at radius 3 is 2.91 bits per heavy atom. The molecule has 1 aromatic carbocycles. The SMILES string of the molecule is [C-]#[N+]c1cn(CC2CC2)c2ccc(-n3ncc(C(=O)O)n3)cc12. The van der Waals surface area contributed by atoms with E-state index < -0.39 is 5.97 Å². The maximum absolute atomic E-state index is 10.9. The van der Waals surface area contributed by atoms with Crippen molar-refractivity contribution >= 4 is 22.6 Å². The van der Waals surface area contributed by atoms with Gasteiger partial charge in [0.05, 0.1) is 18.5 Å². The molecule has 0 saturated heterocycles. The molecule has 0 unspecified atom stereocenters. The average Bonchev–Trinajstić information content (AvgIpc) is 3.11. The number of carboxylic acids is 1. The molecule has 1 saturated carbocycles. The number of rotatable bonds is 4. The fourth-order valence-corrected chi connectivity index (χ4v) is 2.69. The molecule has 0 spiro atoms. The maximum atomic E-state index is 10.9. The van der Waals surface area contributed by atoms with Crippen molar-refractivity contribution in [1.82, 2.24) is 19.6 Å². The van der Waals surface area contributed by atoms with Crippen molar-refractivity contribution in [3.05, 3.63) is 47.7 Å². The van der Waals surface area contributed by atoms with Crippen LogP contribution in [0.5, 0.6) is 0 Å². The van der Waals surface area contributed by atoms with Gasteiger partial charge >= 0.3 is 5.97 Å². The molecule has 23 heavy (non-hydrogen) atoms. The minimum absolute atomic E-state index is 0.109. The van der Waals surface area contributed by atoms with E-state index in [-0.39, 0.29) is 5.69 Å². The number of carboxylic acid groups (broad SMARTS) is 1. The van der Waals surface area contributed by atoms with Crippen molar-refractivity contribution in [3.8, 4) is 5.69 Å². The monoisotopic (exact) mass is 307 g/mol. The Morgan fingerprint density at radius 1 is 1.43 bits per heavy atom. The van der Waals surface area contributed by atoms with Gasteiger partial charge in [0, 0.05) is 23.6 Å². The predicted molar refractivity (Wildman–Crippen MR) is 82.8 cm³/mol. The van der Waals surface area contributed by atoms with E-state index in [0.717, 1.165) is 23.4 Å². The van der Waals surface area contributed by atoms with Crippen molar-refractivity contribution < 1.29 is 9.90 Å². The number of benzene rings is 1. The van der Waals surface area contributed by atoms with E-state index in [0.29, 0.717) is 11.4 Å². The van der Waals surface area contributed by atoms with Gasteiger partial charge in [-0.1, -0.05) is 0 Å². The van der Waals surface area contributed by atoms with Crippen LogP contribution in [0.3, 0.4) is 0 Å². The Labute approximate surface area is 131 Å². The molecule has 4 rings (SSSR count). The summed E-state index contributed by atoms with van der Waals surface area (Å²) in [6, 6.07) is 5.61. The first kappa shape index (κ1) is 13.5. The molecule has 0 radical (unpaired) electrons. The molecule has 0 aliphatic heterocycles. The van der Waals surface area contributed by atoms with Crippen LogP contribution in [-0.2, 0) is 6.54 Å². The summed E-state index contributed by atoms with van der Waals surface area (Å²) in [7, 11) is 0. The largest absolute Gasteiger partial charge is 0.476 e. The van der Waals surface area contributed by atoms with Crippen molar-refractivity contribution in [2.45, 2.75) is 19.4 Å². The summed E-state index contributed by atoms with van der Waals surface area (Å²) in [5.74, 6) is -0.399. The van der Waals surface area contributed by atoms with E-state index in [1.54, 1.807) is 0 Å². The molecule has 1 N–H and O–H groups in total. The summed E-state index contributed by atoms with van der Waals surface area (Å²) in [5, 5.41) is 17.7. The van der Waals surface area contributed by atoms with Crippen molar-refractivity contribution in [1.29, 1.82) is 0 Å². The molecule has 0 amide bonds.